The van der Waals surface area contributed by atoms with Crippen LogP contribution < -0.4 is 9.64 Å². The monoisotopic (exact) mass is 693 g/mol. The molecule has 260 valence electrons. The Labute approximate surface area is 289 Å². The van der Waals surface area contributed by atoms with Crippen LogP contribution >= 0.6 is 11.6 Å². The topological polar surface area (TPSA) is 99.7 Å². The SMILES string of the molecule is Cc1ccc2n[nH]c(C)c2c1-c1c(Cl)cc2c(N3CC4CCC(C3)N4C(=O)OC(C)(C)C)nc(OC[C@@]34CCCN3C[C@H](F)C4)nc2c1F. The number of rotatable bonds is 5. The van der Waals surface area contributed by atoms with E-state index in [0.29, 0.717) is 48.3 Å². The highest BCUT2D eigenvalue weighted by atomic mass is 35.5. The second kappa shape index (κ2) is 11.7. The number of nitrogens with one attached hydrogen (secondary N) is 1. The molecule has 4 aromatic rings. The first-order valence-corrected chi connectivity index (χ1v) is 17.6. The fraction of sp³-hybridized carbons (Fsp3) is 0.556. The molecule has 6 heterocycles. The minimum Gasteiger partial charge on any atom is -0.461 e. The summed E-state index contributed by atoms with van der Waals surface area (Å²) in [6.45, 7) is 11.8. The van der Waals surface area contributed by atoms with Gasteiger partial charge in [0, 0.05) is 53.6 Å². The molecule has 1 N–H and O–H groups in total. The Bertz CT molecular complexity index is 1970. The number of fused-ring (bicyclic) bond motifs is 5. The standard InChI is InChI=1S/C36H42ClF2N7O3/c1-19-7-10-26-28(20(2)42-43-26)27(19)29-25(37)13-24-31(30(29)39)40-33(48-18-36-11-6-12-45(36)15-21(38)14-36)41-32(24)44-16-22-8-9-23(17-44)46(22)34(47)49-35(3,4)5/h7,10,13,21-23H,6,8-9,11-12,14-18H2,1-5H3,(H,42,43)/t21-,22?,23?,36+/m1/s1. The quantitative estimate of drug-likeness (QED) is 0.236. The number of anilines is 1. The summed E-state index contributed by atoms with van der Waals surface area (Å²) in [5.41, 5.74) is 2.31. The Balaban J connectivity index is 1.23. The summed E-state index contributed by atoms with van der Waals surface area (Å²) < 4.78 is 43.9. The van der Waals surface area contributed by atoms with Gasteiger partial charge in [-0.1, -0.05) is 17.7 Å². The summed E-state index contributed by atoms with van der Waals surface area (Å²) in [6, 6.07) is 5.39. The fourth-order valence-corrected chi connectivity index (χ4v) is 9.01. The van der Waals surface area contributed by atoms with E-state index in [1.165, 1.54) is 0 Å². The van der Waals surface area contributed by atoms with Gasteiger partial charge in [0.2, 0.25) is 0 Å². The molecule has 2 unspecified atom stereocenters. The third kappa shape index (κ3) is 5.46. The minimum atomic E-state index is -0.909. The van der Waals surface area contributed by atoms with Crippen molar-refractivity contribution in [3.8, 4) is 17.1 Å². The first-order valence-electron chi connectivity index (χ1n) is 17.2. The Hall–Kier alpha value is -3.77. The van der Waals surface area contributed by atoms with Crippen LogP contribution in [-0.2, 0) is 4.74 Å². The molecule has 0 spiro atoms. The molecule has 0 radical (unpaired) electrons. The lowest BCUT2D eigenvalue weighted by atomic mass is 9.94. The molecule has 0 aliphatic carbocycles. The van der Waals surface area contributed by atoms with Crippen LogP contribution in [0.1, 0.15) is 64.1 Å². The zero-order chi connectivity index (χ0) is 34.4. The maximum atomic E-state index is 17.2. The summed E-state index contributed by atoms with van der Waals surface area (Å²) >= 11 is 7.02. The molecular weight excluding hydrogens is 652 g/mol. The highest BCUT2D eigenvalue weighted by Crippen LogP contribution is 2.45. The average molecular weight is 694 g/mol. The van der Waals surface area contributed by atoms with Gasteiger partial charge in [-0.2, -0.15) is 15.1 Å². The van der Waals surface area contributed by atoms with Gasteiger partial charge in [-0.15, -0.1) is 0 Å². The normalized spacial score (nSPS) is 25.5. The van der Waals surface area contributed by atoms with E-state index >= 15 is 4.39 Å². The summed E-state index contributed by atoms with van der Waals surface area (Å²) in [5, 5.41) is 8.90. The van der Waals surface area contributed by atoms with E-state index in [1.54, 1.807) is 6.07 Å². The second-order valence-electron chi connectivity index (χ2n) is 15.3. The van der Waals surface area contributed by atoms with E-state index in [9.17, 15) is 9.18 Å². The first kappa shape index (κ1) is 32.4. The number of aryl methyl sites for hydroxylation is 2. The van der Waals surface area contributed by atoms with Crippen LogP contribution in [0.4, 0.5) is 19.4 Å². The number of piperazine rings is 1. The molecule has 4 fully saturated rings. The molecule has 2 aromatic carbocycles. The van der Waals surface area contributed by atoms with Gasteiger partial charge in [0.05, 0.1) is 28.2 Å². The lowest BCUT2D eigenvalue weighted by Gasteiger charge is -2.42. The maximum absolute atomic E-state index is 17.2. The number of hydrogen-bond donors (Lipinski definition) is 1. The van der Waals surface area contributed by atoms with Crippen molar-refractivity contribution in [3.05, 3.63) is 40.3 Å². The van der Waals surface area contributed by atoms with Gasteiger partial charge in [0.25, 0.3) is 0 Å². The van der Waals surface area contributed by atoms with Crippen molar-refractivity contribution >= 4 is 45.3 Å². The van der Waals surface area contributed by atoms with Crippen molar-refractivity contribution in [2.24, 2.45) is 0 Å². The average Bonchev–Trinajstić information content (AvgIpc) is 3.76. The van der Waals surface area contributed by atoms with Crippen LogP contribution in [0.25, 0.3) is 32.9 Å². The van der Waals surface area contributed by atoms with Crippen molar-refractivity contribution in [1.82, 2.24) is 30.0 Å². The fourth-order valence-electron chi connectivity index (χ4n) is 8.72. The molecule has 1 amide bonds. The third-order valence-electron chi connectivity index (χ3n) is 10.8. The zero-order valence-corrected chi connectivity index (χ0v) is 29.3. The predicted octanol–water partition coefficient (Wildman–Crippen LogP) is 7.13. The number of halogens is 3. The number of amides is 1. The number of aromatic amines is 1. The summed E-state index contributed by atoms with van der Waals surface area (Å²) in [4.78, 5) is 28.9. The predicted molar refractivity (Wildman–Crippen MR) is 185 cm³/mol. The lowest BCUT2D eigenvalue weighted by Crippen LogP contribution is -2.57. The minimum absolute atomic E-state index is 0.0366. The Morgan fingerprint density at radius 3 is 2.61 bits per heavy atom. The van der Waals surface area contributed by atoms with Gasteiger partial charge >= 0.3 is 12.1 Å². The first-order chi connectivity index (χ1) is 23.3. The van der Waals surface area contributed by atoms with E-state index in [1.807, 2.05) is 51.7 Å². The number of ether oxygens (including phenoxy) is 2. The Morgan fingerprint density at radius 1 is 1.12 bits per heavy atom. The number of alkyl halides is 1. The van der Waals surface area contributed by atoms with Crippen LogP contribution in [0.15, 0.2) is 18.2 Å². The van der Waals surface area contributed by atoms with Crippen molar-refractivity contribution < 1.29 is 23.0 Å². The summed E-state index contributed by atoms with van der Waals surface area (Å²) in [7, 11) is 0. The molecule has 4 saturated heterocycles. The van der Waals surface area contributed by atoms with Crippen LogP contribution in [0.5, 0.6) is 6.01 Å². The largest absolute Gasteiger partial charge is 0.461 e. The Kier molecular flexibility index (Phi) is 7.71. The number of nitrogens with zero attached hydrogens (tertiary/aromatic N) is 6. The molecule has 4 aliphatic heterocycles. The van der Waals surface area contributed by atoms with Crippen LogP contribution in [0.3, 0.4) is 0 Å². The van der Waals surface area contributed by atoms with Crippen LogP contribution in [0, 0.1) is 19.7 Å². The smallest absolute Gasteiger partial charge is 0.410 e. The number of aromatic nitrogens is 4. The van der Waals surface area contributed by atoms with E-state index in [4.69, 9.17) is 31.0 Å². The zero-order valence-electron chi connectivity index (χ0n) is 28.6. The number of H-pyrrole nitrogens is 1. The van der Waals surface area contributed by atoms with Crippen molar-refractivity contribution in [1.29, 1.82) is 0 Å². The molecule has 49 heavy (non-hydrogen) atoms. The van der Waals surface area contributed by atoms with Crippen molar-refractivity contribution in [2.45, 2.75) is 96.1 Å². The highest BCUT2D eigenvalue weighted by Gasteiger charge is 2.50. The molecule has 0 saturated carbocycles. The number of carbonyl (C=O) groups is 1. The third-order valence-corrected chi connectivity index (χ3v) is 11.1. The maximum Gasteiger partial charge on any atom is 0.410 e. The van der Waals surface area contributed by atoms with Crippen molar-refractivity contribution in [3.63, 3.8) is 0 Å². The van der Waals surface area contributed by atoms with E-state index in [2.05, 4.69) is 20.0 Å². The van der Waals surface area contributed by atoms with E-state index in [0.717, 1.165) is 48.9 Å². The molecule has 2 aromatic heterocycles. The van der Waals surface area contributed by atoms with Crippen LogP contribution in [-0.4, -0.2) is 98.2 Å². The number of hydrogen-bond acceptors (Lipinski definition) is 8. The molecule has 10 nitrogen and oxygen atoms in total. The molecule has 2 bridgehead atoms. The lowest BCUT2D eigenvalue weighted by molar-refractivity contribution is 0.0122. The van der Waals surface area contributed by atoms with Gasteiger partial charge in [0.15, 0.2) is 5.82 Å². The number of carbonyl (C=O) groups excluding carboxylic acids is 1. The second-order valence-corrected chi connectivity index (χ2v) is 15.7. The summed E-state index contributed by atoms with van der Waals surface area (Å²) in [6.07, 6.45) is 2.60. The van der Waals surface area contributed by atoms with Gasteiger partial charge in [-0.05, 0) is 84.5 Å². The molecule has 4 aliphatic rings. The van der Waals surface area contributed by atoms with E-state index < -0.39 is 23.1 Å². The van der Waals surface area contributed by atoms with Crippen LogP contribution in [0.2, 0.25) is 5.02 Å². The molecule has 13 heteroatoms. The van der Waals surface area contributed by atoms with Gasteiger partial charge in [0.1, 0.15) is 29.7 Å². The summed E-state index contributed by atoms with van der Waals surface area (Å²) in [5.74, 6) is -0.0778. The van der Waals surface area contributed by atoms with E-state index in [-0.39, 0.29) is 46.9 Å². The Morgan fingerprint density at radius 2 is 1.88 bits per heavy atom. The van der Waals surface area contributed by atoms with Gasteiger partial charge in [-0.3, -0.25) is 14.9 Å². The van der Waals surface area contributed by atoms with Crippen molar-refractivity contribution in [2.75, 3.05) is 37.7 Å². The molecule has 8 rings (SSSR count). The highest BCUT2D eigenvalue weighted by molar-refractivity contribution is 6.35. The van der Waals surface area contributed by atoms with Gasteiger partial charge in [-0.25, -0.2) is 13.6 Å². The van der Waals surface area contributed by atoms with Gasteiger partial charge < -0.3 is 14.4 Å². The number of benzene rings is 2. The molecular formula is C36H42ClF2N7O3. The molecule has 4 atom stereocenters.